The van der Waals surface area contributed by atoms with E-state index in [9.17, 15) is 0 Å². The quantitative estimate of drug-likeness (QED) is 0.0538. The Bertz CT molecular complexity index is 391. The zero-order valence-electron chi connectivity index (χ0n) is 20.0. The van der Waals surface area contributed by atoms with Crippen LogP contribution >= 0.6 is 11.4 Å². The van der Waals surface area contributed by atoms with Gasteiger partial charge in [-0.05, 0) is 25.7 Å². The van der Waals surface area contributed by atoms with Gasteiger partial charge < -0.3 is 42.6 Å². The summed E-state index contributed by atoms with van der Waals surface area (Å²) in [5.41, 5.74) is -4.71. The molecule has 0 fully saturated rings. The van der Waals surface area contributed by atoms with Crippen molar-refractivity contribution in [1.29, 1.82) is 0 Å². The summed E-state index contributed by atoms with van der Waals surface area (Å²) < 4.78 is 21.7. The average Bonchev–Trinajstić information content (AvgIpc) is 2.70. The Morgan fingerprint density at radius 3 is 0.839 bits per heavy atom. The normalized spacial score (nSPS) is 11.5. The summed E-state index contributed by atoms with van der Waals surface area (Å²) in [4.78, 5) is 0. The molecule has 0 unspecified atom stereocenters. The first-order valence-corrected chi connectivity index (χ1v) is 18.7. The largest absolute Gasteiger partial charge is 2.00 e. The molecule has 0 saturated heterocycles. The summed E-state index contributed by atoms with van der Waals surface area (Å²) in [6, 6.07) is 0. The second-order valence-electron chi connectivity index (χ2n) is 7.06. The van der Waals surface area contributed by atoms with E-state index in [1.807, 2.05) is 0 Å². The van der Waals surface area contributed by atoms with Crippen molar-refractivity contribution >= 4 is 86.8 Å². The Hall–Kier alpha value is 2.76. The van der Waals surface area contributed by atoms with Gasteiger partial charge in [-0.15, -0.1) is 0 Å². The van der Waals surface area contributed by atoms with Crippen molar-refractivity contribution < 1.29 is 18.1 Å². The minimum Gasteiger partial charge on any atom is -0.691 e. The van der Waals surface area contributed by atoms with Gasteiger partial charge in [0.15, 0.2) is 0 Å². The van der Waals surface area contributed by atoms with Gasteiger partial charge in [0.2, 0.25) is 0 Å². The molecule has 0 aliphatic rings. The first-order valence-electron chi connectivity index (χ1n) is 11.4. The average molecular weight is 746 g/mol. The van der Waals surface area contributed by atoms with E-state index >= 15 is 0 Å². The molecule has 186 valence electrons. The number of unbranched alkanes of at least 4 members (excludes halogenated alkanes) is 8. The molecular weight excluding hydrogens is 702 g/mol. The molecule has 31 heavy (non-hydrogen) atoms. The Kier molecular flexibility index (Phi) is 33.8. The van der Waals surface area contributed by atoms with E-state index in [0.29, 0.717) is 26.4 Å². The van der Waals surface area contributed by atoms with Crippen molar-refractivity contribution in [3.63, 3.8) is 0 Å². The van der Waals surface area contributed by atoms with E-state index in [1.165, 1.54) is 51.4 Å². The summed E-state index contributed by atoms with van der Waals surface area (Å²) in [5, 5.41) is 0. The zero-order chi connectivity index (χ0) is 23.1. The van der Waals surface area contributed by atoms with Gasteiger partial charge in [0, 0.05) is 0 Å². The smallest absolute Gasteiger partial charge is 0.691 e. The molecule has 0 bridgehead atoms. The van der Waals surface area contributed by atoms with E-state index in [4.69, 9.17) is 66.2 Å². The van der Waals surface area contributed by atoms with Crippen LogP contribution in [0.25, 0.3) is 0 Å². The van der Waals surface area contributed by atoms with Crippen LogP contribution in [0.2, 0.25) is 0 Å². The second-order valence-corrected chi connectivity index (χ2v) is 17.0. The van der Waals surface area contributed by atoms with E-state index < -0.39 is 11.4 Å². The van der Waals surface area contributed by atoms with Gasteiger partial charge in [-0.25, -0.2) is 0 Å². The van der Waals surface area contributed by atoms with Crippen LogP contribution < -0.4 is 0 Å². The van der Waals surface area contributed by atoms with Crippen LogP contribution in [0.4, 0.5) is 0 Å². The summed E-state index contributed by atoms with van der Waals surface area (Å²) in [5.74, 6) is 0. The van der Waals surface area contributed by atoms with E-state index in [-0.39, 0.29) is 27.3 Å². The summed E-state index contributed by atoms with van der Waals surface area (Å²) in [7, 11) is 0. The van der Waals surface area contributed by atoms with Crippen molar-refractivity contribution in [2.45, 2.75) is 105 Å². The molecule has 0 aliphatic carbocycles. The minimum absolute atomic E-state index is 0. The fourth-order valence-corrected chi connectivity index (χ4v) is 5.54. The van der Waals surface area contributed by atoms with Crippen LogP contribution in [0.5, 0.6) is 0 Å². The molecular formula is C20H44O4P2PbS4. The molecule has 0 amide bonds. The molecule has 0 aromatic rings. The Balaban J connectivity index is -0.000000490. The van der Waals surface area contributed by atoms with Crippen LogP contribution in [-0.2, 0) is 66.2 Å². The van der Waals surface area contributed by atoms with Gasteiger partial charge in [0.25, 0.3) is 0 Å². The van der Waals surface area contributed by atoms with Gasteiger partial charge in [0.05, 0.1) is 37.8 Å². The van der Waals surface area contributed by atoms with Crippen LogP contribution in [-0.4, -0.2) is 53.7 Å². The number of rotatable bonds is 20. The second kappa shape index (κ2) is 27.4. The first kappa shape index (κ1) is 38.3. The van der Waals surface area contributed by atoms with Gasteiger partial charge in [-0.2, -0.15) is 0 Å². The molecule has 0 spiro atoms. The molecule has 0 aromatic heterocycles. The fraction of sp³-hybridized carbons (Fsp3) is 1.00. The maximum absolute atomic E-state index is 5.43. The molecule has 11 heteroatoms. The Morgan fingerprint density at radius 1 is 0.484 bits per heavy atom. The van der Waals surface area contributed by atoms with Crippen LogP contribution in [0.3, 0.4) is 0 Å². The molecule has 4 nitrogen and oxygen atoms in total. The van der Waals surface area contributed by atoms with E-state index in [2.05, 4.69) is 27.7 Å². The van der Waals surface area contributed by atoms with Gasteiger partial charge in [-0.1, -0.05) is 103 Å². The zero-order valence-corrected chi connectivity index (χ0v) is 28.9. The molecule has 0 aromatic carbocycles. The monoisotopic (exact) mass is 746 g/mol. The predicted molar refractivity (Wildman–Crippen MR) is 151 cm³/mol. The Morgan fingerprint density at radius 2 is 0.677 bits per heavy atom. The van der Waals surface area contributed by atoms with Gasteiger partial charge in [-0.3, -0.25) is 0 Å². The standard InChI is InChI=1S/2C10H23O2PS2.Pb/c2*1-3-5-7-9-11-13(14,15)12-10-8-6-4-2;/h2*3-10H2,1-2H3,(H,14,15);/q;;+2/p-2. The Labute approximate surface area is 234 Å². The fourth-order valence-electron chi connectivity index (χ4n) is 2.19. The predicted octanol–water partition coefficient (Wildman–Crippen LogP) is 7.96. The molecule has 0 heterocycles. The topological polar surface area (TPSA) is 36.9 Å². The third kappa shape index (κ3) is 32.8. The molecule has 0 aliphatic heterocycles. The van der Waals surface area contributed by atoms with Crippen LogP contribution in [0.1, 0.15) is 105 Å². The van der Waals surface area contributed by atoms with Crippen molar-refractivity contribution in [1.82, 2.24) is 0 Å². The first-order chi connectivity index (χ1) is 14.2. The van der Waals surface area contributed by atoms with Crippen LogP contribution in [0, 0.1) is 0 Å². The maximum atomic E-state index is 5.43. The van der Waals surface area contributed by atoms with Crippen LogP contribution in [0.15, 0.2) is 0 Å². The third-order valence-corrected chi connectivity index (χ3v) is 8.51. The number of hydrogen-bond donors (Lipinski definition) is 0. The molecule has 2 radical (unpaired) electrons. The maximum Gasteiger partial charge on any atom is 2.00 e. The van der Waals surface area contributed by atoms with Crippen molar-refractivity contribution in [2.24, 2.45) is 0 Å². The summed E-state index contributed by atoms with van der Waals surface area (Å²) in [6.45, 7) is 11.3. The number of hydrogen-bond acceptors (Lipinski definition) is 8. The van der Waals surface area contributed by atoms with Gasteiger partial charge >= 0.3 is 27.3 Å². The van der Waals surface area contributed by atoms with Crippen molar-refractivity contribution in [3.8, 4) is 0 Å². The molecule has 0 N–H and O–H groups in total. The molecule has 0 rings (SSSR count). The molecule has 0 atom stereocenters. The summed E-state index contributed by atoms with van der Waals surface area (Å²) >= 11 is 20.5. The molecule has 0 saturated carbocycles. The minimum atomic E-state index is -2.36. The van der Waals surface area contributed by atoms with Crippen molar-refractivity contribution in [2.75, 3.05) is 26.4 Å². The van der Waals surface area contributed by atoms with E-state index in [1.54, 1.807) is 0 Å². The van der Waals surface area contributed by atoms with Crippen molar-refractivity contribution in [3.05, 3.63) is 0 Å². The third-order valence-electron chi connectivity index (χ3n) is 3.99. The summed E-state index contributed by atoms with van der Waals surface area (Å²) in [6.07, 6.45) is 13.5. The van der Waals surface area contributed by atoms with E-state index in [0.717, 1.165) is 25.7 Å². The SMILES string of the molecule is CCCCCOP(=S)([S-])OCCCCC.CCCCCOP(=S)([S-])OCCCCC.[Pb+2]. The van der Waals surface area contributed by atoms with Gasteiger partial charge in [0.1, 0.15) is 0 Å².